The van der Waals surface area contributed by atoms with Crippen molar-refractivity contribution in [3.05, 3.63) is 23.3 Å². The molecule has 1 aromatic rings. The molecule has 0 spiro atoms. The quantitative estimate of drug-likeness (QED) is 0.710. The molecule has 0 amide bonds. The fraction of sp³-hybridized carbons (Fsp3) is 0.364. The monoisotopic (exact) mass is 207 g/mol. The van der Waals surface area contributed by atoms with Gasteiger partial charge in [0.05, 0.1) is 11.6 Å². The second-order valence-electron chi connectivity index (χ2n) is 3.84. The molecule has 1 heterocycles. The van der Waals surface area contributed by atoms with Gasteiger partial charge in [-0.2, -0.15) is 5.26 Å². The van der Waals surface area contributed by atoms with E-state index in [-0.39, 0.29) is 12.4 Å². The average Bonchev–Trinajstić information content (AvgIpc) is 2.60. The molecule has 0 bridgehead atoms. The van der Waals surface area contributed by atoms with Crippen molar-refractivity contribution in [2.75, 3.05) is 6.79 Å². The van der Waals surface area contributed by atoms with Gasteiger partial charge in [0.25, 0.3) is 0 Å². The van der Waals surface area contributed by atoms with Crippen LogP contribution in [0.5, 0.6) is 11.5 Å². The van der Waals surface area contributed by atoms with Crippen molar-refractivity contribution in [1.29, 1.82) is 5.26 Å². The first-order valence-corrected chi connectivity index (χ1v) is 4.55. The summed E-state index contributed by atoms with van der Waals surface area (Å²) in [6.07, 6.45) is 0. The van der Waals surface area contributed by atoms with Gasteiger partial charge in [-0.3, -0.25) is 0 Å². The lowest BCUT2D eigenvalue weighted by atomic mass is 9.94. The predicted molar refractivity (Wildman–Crippen MR) is 51.4 cm³/mol. The second-order valence-corrected chi connectivity index (χ2v) is 3.84. The molecule has 0 saturated carbocycles. The smallest absolute Gasteiger partial charge is 0.231 e. The summed E-state index contributed by atoms with van der Waals surface area (Å²) in [4.78, 5) is 0. The third-order valence-corrected chi connectivity index (χ3v) is 2.27. The third-order valence-electron chi connectivity index (χ3n) is 2.27. The number of hydrogen-bond acceptors (Lipinski definition) is 3. The fourth-order valence-electron chi connectivity index (χ4n) is 1.53. The van der Waals surface area contributed by atoms with Gasteiger partial charge in [0, 0.05) is 11.6 Å². The van der Waals surface area contributed by atoms with Gasteiger partial charge in [-0.25, -0.2) is 4.39 Å². The van der Waals surface area contributed by atoms with Crippen molar-refractivity contribution < 1.29 is 13.9 Å². The van der Waals surface area contributed by atoms with E-state index in [4.69, 9.17) is 14.7 Å². The number of nitrogens with zero attached hydrogens (tertiary/aromatic N) is 1. The maximum Gasteiger partial charge on any atom is 0.231 e. The number of nitriles is 1. The van der Waals surface area contributed by atoms with E-state index in [0.717, 1.165) is 0 Å². The molecule has 0 N–H and O–H groups in total. The largest absolute Gasteiger partial charge is 0.454 e. The molecule has 1 aromatic carbocycles. The Morgan fingerprint density at radius 3 is 2.47 bits per heavy atom. The van der Waals surface area contributed by atoms with Gasteiger partial charge < -0.3 is 9.47 Å². The summed E-state index contributed by atoms with van der Waals surface area (Å²) < 4.78 is 24.0. The molecule has 0 fully saturated rings. The van der Waals surface area contributed by atoms with Crippen LogP contribution in [0, 0.1) is 11.3 Å². The third kappa shape index (κ3) is 1.61. The van der Waals surface area contributed by atoms with Crippen molar-refractivity contribution in [3.63, 3.8) is 0 Å². The maximum atomic E-state index is 13.8. The Morgan fingerprint density at radius 1 is 1.33 bits per heavy atom. The minimum Gasteiger partial charge on any atom is -0.454 e. The summed E-state index contributed by atoms with van der Waals surface area (Å²) in [5.41, 5.74) is -0.951. The highest BCUT2D eigenvalue weighted by Crippen LogP contribution is 2.39. The summed E-state index contributed by atoms with van der Waals surface area (Å²) in [5, 5.41) is 8.90. The molecule has 0 unspecified atom stereocenters. The summed E-state index contributed by atoms with van der Waals surface area (Å²) in [5.74, 6) is 0.995. The van der Waals surface area contributed by atoms with Crippen molar-refractivity contribution in [2.24, 2.45) is 0 Å². The predicted octanol–water partition coefficient (Wildman–Crippen LogP) is 2.49. The van der Waals surface area contributed by atoms with Gasteiger partial charge in [-0.1, -0.05) is 0 Å². The van der Waals surface area contributed by atoms with Crippen LogP contribution >= 0.6 is 0 Å². The highest BCUT2D eigenvalue weighted by molar-refractivity contribution is 5.54. The SMILES string of the molecule is CC(C)(F)c1cc2c(cc1C#N)OCO2. The molecule has 0 aromatic heterocycles. The molecule has 3 nitrogen and oxygen atoms in total. The number of fused-ring (bicyclic) bond motifs is 1. The molecule has 1 aliphatic rings. The Morgan fingerprint density at radius 2 is 1.93 bits per heavy atom. The Bertz CT molecular complexity index is 443. The second kappa shape index (κ2) is 3.13. The molecule has 2 rings (SSSR count). The average molecular weight is 207 g/mol. The standard InChI is InChI=1S/C11H10FNO2/c1-11(2,12)8-4-10-9(14-6-15-10)3-7(8)5-13/h3-4H,6H2,1-2H3. The van der Waals surface area contributed by atoms with Crippen LogP contribution in [-0.4, -0.2) is 6.79 Å². The Hall–Kier alpha value is -1.76. The number of hydrogen-bond donors (Lipinski definition) is 0. The lowest BCUT2D eigenvalue weighted by molar-refractivity contribution is 0.173. The zero-order chi connectivity index (χ0) is 11.1. The number of benzene rings is 1. The van der Waals surface area contributed by atoms with Crippen molar-refractivity contribution in [2.45, 2.75) is 19.5 Å². The highest BCUT2D eigenvalue weighted by atomic mass is 19.1. The molecule has 15 heavy (non-hydrogen) atoms. The number of alkyl halides is 1. The van der Waals surface area contributed by atoms with E-state index in [0.29, 0.717) is 17.1 Å². The Kier molecular flexibility index (Phi) is 2.04. The summed E-state index contributed by atoms with van der Waals surface area (Å²) >= 11 is 0. The lowest BCUT2D eigenvalue weighted by Crippen LogP contribution is -2.11. The Labute approximate surface area is 87.0 Å². The van der Waals surface area contributed by atoms with Crippen LogP contribution in [0.1, 0.15) is 25.0 Å². The molecule has 78 valence electrons. The van der Waals surface area contributed by atoms with Gasteiger partial charge in [-0.05, 0) is 19.9 Å². The summed E-state index contributed by atoms with van der Waals surface area (Å²) in [7, 11) is 0. The fourth-order valence-corrected chi connectivity index (χ4v) is 1.53. The zero-order valence-electron chi connectivity index (χ0n) is 8.50. The normalized spacial score (nSPS) is 13.7. The Balaban J connectivity index is 2.60. The van der Waals surface area contributed by atoms with Gasteiger partial charge in [-0.15, -0.1) is 0 Å². The van der Waals surface area contributed by atoms with E-state index >= 15 is 0 Å². The van der Waals surface area contributed by atoms with Crippen molar-refractivity contribution in [1.82, 2.24) is 0 Å². The molecule has 0 radical (unpaired) electrons. The summed E-state index contributed by atoms with van der Waals surface area (Å²) in [6.45, 7) is 2.94. The van der Waals surface area contributed by atoms with Crippen LogP contribution in [-0.2, 0) is 5.67 Å². The first-order valence-electron chi connectivity index (χ1n) is 4.55. The van der Waals surface area contributed by atoms with Gasteiger partial charge >= 0.3 is 0 Å². The summed E-state index contributed by atoms with van der Waals surface area (Å²) in [6, 6.07) is 5.00. The maximum absolute atomic E-state index is 13.8. The highest BCUT2D eigenvalue weighted by Gasteiger charge is 2.27. The van der Waals surface area contributed by atoms with Crippen molar-refractivity contribution >= 4 is 0 Å². The van der Waals surface area contributed by atoms with Crippen LogP contribution in [0.4, 0.5) is 4.39 Å². The molecular formula is C11H10FNO2. The zero-order valence-corrected chi connectivity index (χ0v) is 8.50. The van der Waals surface area contributed by atoms with Gasteiger partial charge in [0.1, 0.15) is 5.67 Å². The first kappa shape index (κ1) is 9.78. The number of rotatable bonds is 1. The lowest BCUT2D eigenvalue weighted by Gasteiger charge is -2.16. The minimum atomic E-state index is -1.56. The first-order chi connectivity index (χ1) is 7.02. The van der Waals surface area contributed by atoms with E-state index < -0.39 is 5.67 Å². The van der Waals surface area contributed by atoms with Gasteiger partial charge in [0.15, 0.2) is 11.5 Å². The van der Waals surface area contributed by atoms with Gasteiger partial charge in [0.2, 0.25) is 6.79 Å². The molecule has 0 saturated heterocycles. The molecule has 1 aliphatic heterocycles. The topological polar surface area (TPSA) is 42.2 Å². The van der Waals surface area contributed by atoms with Crippen LogP contribution in [0.3, 0.4) is 0 Å². The van der Waals surface area contributed by atoms with Crippen LogP contribution in [0.15, 0.2) is 12.1 Å². The van der Waals surface area contributed by atoms with Crippen molar-refractivity contribution in [3.8, 4) is 17.6 Å². The minimum absolute atomic E-state index is 0.121. The van der Waals surface area contributed by atoms with Crippen LogP contribution < -0.4 is 9.47 Å². The molecule has 0 aliphatic carbocycles. The van der Waals surface area contributed by atoms with E-state index in [1.807, 2.05) is 6.07 Å². The van der Waals surface area contributed by atoms with E-state index in [2.05, 4.69) is 0 Å². The van der Waals surface area contributed by atoms with E-state index in [1.54, 1.807) is 0 Å². The van der Waals surface area contributed by atoms with E-state index in [9.17, 15) is 4.39 Å². The number of halogens is 1. The van der Waals surface area contributed by atoms with Crippen LogP contribution in [0.25, 0.3) is 0 Å². The number of ether oxygens (including phenoxy) is 2. The molecular weight excluding hydrogens is 197 g/mol. The van der Waals surface area contributed by atoms with E-state index in [1.165, 1.54) is 26.0 Å². The molecule has 0 atom stereocenters. The van der Waals surface area contributed by atoms with Crippen LogP contribution in [0.2, 0.25) is 0 Å². The molecule has 4 heteroatoms.